The van der Waals surface area contributed by atoms with Gasteiger partial charge in [-0.1, -0.05) is 19.1 Å². The van der Waals surface area contributed by atoms with Crippen molar-refractivity contribution in [3.05, 3.63) is 12.2 Å². The normalized spacial score (nSPS) is 42.4. The Morgan fingerprint density at radius 1 is 1.42 bits per heavy atom. The van der Waals surface area contributed by atoms with Crippen LogP contribution in [-0.2, 0) is 4.74 Å². The molecule has 1 heteroatoms. The molecule has 68 valence electrons. The van der Waals surface area contributed by atoms with E-state index in [1.165, 1.54) is 37.7 Å². The van der Waals surface area contributed by atoms with Gasteiger partial charge in [-0.3, -0.25) is 0 Å². The summed E-state index contributed by atoms with van der Waals surface area (Å²) in [6, 6.07) is 0. The minimum absolute atomic E-state index is 0.204. The van der Waals surface area contributed by atoms with E-state index in [0.717, 1.165) is 6.61 Å². The van der Waals surface area contributed by atoms with Gasteiger partial charge in [-0.15, -0.1) is 0 Å². The van der Waals surface area contributed by atoms with Gasteiger partial charge in [0.1, 0.15) is 0 Å². The monoisotopic (exact) mass is 166 g/mol. The fraction of sp³-hybridized carbons (Fsp3) is 0.818. The van der Waals surface area contributed by atoms with Gasteiger partial charge in [-0.05, 0) is 32.1 Å². The van der Waals surface area contributed by atoms with Crippen LogP contribution >= 0.6 is 0 Å². The van der Waals surface area contributed by atoms with Crippen molar-refractivity contribution in [2.75, 3.05) is 6.61 Å². The molecule has 0 aromatic carbocycles. The maximum Gasteiger partial charge on any atom is 0.0745 e. The Kier molecular flexibility index (Phi) is 1.99. The summed E-state index contributed by atoms with van der Waals surface area (Å²) < 4.78 is 5.90. The lowest BCUT2D eigenvalue weighted by molar-refractivity contribution is -0.0448. The van der Waals surface area contributed by atoms with E-state index in [0.29, 0.717) is 5.92 Å². The Labute approximate surface area is 74.8 Å². The molecule has 1 aliphatic carbocycles. The van der Waals surface area contributed by atoms with Crippen LogP contribution in [0.3, 0.4) is 0 Å². The molecule has 1 aliphatic heterocycles. The topological polar surface area (TPSA) is 9.23 Å². The predicted octanol–water partition coefficient (Wildman–Crippen LogP) is 2.91. The van der Waals surface area contributed by atoms with Crippen LogP contribution in [0.25, 0.3) is 0 Å². The zero-order valence-corrected chi connectivity index (χ0v) is 7.94. The van der Waals surface area contributed by atoms with Gasteiger partial charge < -0.3 is 4.74 Å². The van der Waals surface area contributed by atoms with Gasteiger partial charge in [0.05, 0.1) is 5.60 Å². The molecule has 0 aromatic heterocycles. The molecule has 2 unspecified atom stereocenters. The molecule has 2 rings (SSSR count). The zero-order valence-electron chi connectivity index (χ0n) is 7.94. The summed E-state index contributed by atoms with van der Waals surface area (Å²) in [4.78, 5) is 0. The molecule has 1 nitrogen and oxygen atoms in total. The second-order valence-corrected chi connectivity index (χ2v) is 4.25. The van der Waals surface area contributed by atoms with Crippen molar-refractivity contribution in [3.8, 4) is 0 Å². The molecule has 0 bridgehead atoms. The summed E-state index contributed by atoms with van der Waals surface area (Å²) in [5.74, 6) is 0.591. The first-order valence-corrected chi connectivity index (χ1v) is 5.06. The lowest BCUT2D eigenvalue weighted by Crippen LogP contribution is -2.39. The molecule has 12 heavy (non-hydrogen) atoms. The van der Waals surface area contributed by atoms with E-state index in [9.17, 15) is 0 Å². The molecule has 1 saturated carbocycles. The third kappa shape index (κ3) is 1.11. The van der Waals surface area contributed by atoms with Crippen LogP contribution in [0.15, 0.2) is 12.2 Å². The highest BCUT2D eigenvalue weighted by Gasteiger charge is 2.43. The van der Waals surface area contributed by atoms with Crippen molar-refractivity contribution >= 4 is 0 Å². The minimum atomic E-state index is 0.204. The van der Waals surface area contributed by atoms with Crippen LogP contribution in [0.4, 0.5) is 0 Å². The van der Waals surface area contributed by atoms with Crippen molar-refractivity contribution in [2.24, 2.45) is 5.92 Å². The summed E-state index contributed by atoms with van der Waals surface area (Å²) in [6.07, 6.45) is 6.26. The summed E-state index contributed by atoms with van der Waals surface area (Å²) in [6.45, 7) is 7.39. The van der Waals surface area contributed by atoms with Gasteiger partial charge in [0.25, 0.3) is 0 Å². The Morgan fingerprint density at radius 2 is 2.17 bits per heavy atom. The first-order valence-electron chi connectivity index (χ1n) is 5.06. The van der Waals surface area contributed by atoms with E-state index in [4.69, 9.17) is 4.74 Å². The smallest absolute Gasteiger partial charge is 0.0745 e. The average molecular weight is 166 g/mol. The van der Waals surface area contributed by atoms with Gasteiger partial charge in [0, 0.05) is 12.5 Å². The average Bonchev–Trinajstić information content (AvgIpc) is 2.50. The standard InChI is InChI=1S/C11H18O/c1-9-5-3-6-11(10(9)2)7-4-8-12-11/h10H,1,3-8H2,2H3. The van der Waals surface area contributed by atoms with Crippen molar-refractivity contribution < 1.29 is 4.74 Å². The first-order chi connectivity index (χ1) is 5.75. The largest absolute Gasteiger partial charge is 0.374 e. The van der Waals surface area contributed by atoms with Crippen LogP contribution in [0.2, 0.25) is 0 Å². The molecule has 1 heterocycles. The fourth-order valence-electron chi connectivity index (χ4n) is 2.68. The highest BCUT2D eigenvalue weighted by atomic mass is 16.5. The lowest BCUT2D eigenvalue weighted by Gasteiger charge is -2.40. The molecule has 1 spiro atoms. The van der Waals surface area contributed by atoms with E-state index < -0.39 is 0 Å². The van der Waals surface area contributed by atoms with Crippen LogP contribution < -0.4 is 0 Å². The summed E-state index contributed by atoms with van der Waals surface area (Å²) in [5.41, 5.74) is 1.61. The molecule has 0 aromatic rings. The number of hydrogen-bond donors (Lipinski definition) is 0. The number of hydrogen-bond acceptors (Lipinski definition) is 1. The quantitative estimate of drug-likeness (QED) is 0.503. The Balaban J connectivity index is 2.17. The maximum atomic E-state index is 5.90. The van der Waals surface area contributed by atoms with E-state index in [1.807, 2.05) is 0 Å². The SMILES string of the molecule is C=C1CCCC2(CCCO2)C1C. The van der Waals surface area contributed by atoms with E-state index >= 15 is 0 Å². The Bertz CT molecular complexity index is 189. The van der Waals surface area contributed by atoms with Crippen LogP contribution in [0, 0.1) is 5.92 Å². The highest BCUT2D eigenvalue weighted by Crippen LogP contribution is 2.45. The first kappa shape index (κ1) is 8.31. The Hall–Kier alpha value is -0.300. The third-order valence-corrected chi connectivity index (χ3v) is 3.63. The summed E-state index contributed by atoms with van der Waals surface area (Å²) in [5, 5.41) is 0. The summed E-state index contributed by atoms with van der Waals surface area (Å²) >= 11 is 0. The van der Waals surface area contributed by atoms with Gasteiger partial charge >= 0.3 is 0 Å². The van der Waals surface area contributed by atoms with Gasteiger partial charge in [-0.25, -0.2) is 0 Å². The number of rotatable bonds is 0. The second kappa shape index (κ2) is 2.88. The van der Waals surface area contributed by atoms with E-state index in [-0.39, 0.29) is 5.60 Å². The van der Waals surface area contributed by atoms with Crippen LogP contribution in [0.5, 0.6) is 0 Å². The molecule has 0 N–H and O–H groups in total. The molecule has 2 fully saturated rings. The van der Waals surface area contributed by atoms with Crippen molar-refractivity contribution in [3.63, 3.8) is 0 Å². The zero-order chi connectivity index (χ0) is 8.60. The predicted molar refractivity (Wildman–Crippen MR) is 50.1 cm³/mol. The third-order valence-electron chi connectivity index (χ3n) is 3.63. The van der Waals surface area contributed by atoms with Crippen molar-refractivity contribution in [1.82, 2.24) is 0 Å². The van der Waals surface area contributed by atoms with Crippen LogP contribution in [0.1, 0.15) is 39.0 Å². The van der Waals surface area contributed by atoms with Gasteiger partial charge in [0.2, 0.25) is 0 Å². The molecule has 0 amide bonds. The van der Waals surface area contributed by atoms with E-state index in [1.54, 1.807) is 0 Å². The minimum Gasteiger partial charge on any atom is -0.374 e. The summed E-state index contributed by atoms with van der Waals surface area (Å²) in [7, 11) is 0. The molecule has 1 saturated heterocycles. The van der Waals surface area contributed by atoms with Crippen LogP contribution in [-0.4, -0.2) is 12.2 Å². The van der Waals surface area contributed by atoms with Crippen molar-refractivity contribution in [1.29, 1.82) is 0 Å². The van der Waals surface area contributed by atoms with E-state index in [2.05, 4.69) is 13.5 Å². The molecule has 2 atom stereocenters. The molecule has 0 radical (unpaired) electrons. The number of ether oxygens (including phenoxy) is 1. The van der Waals surface area contributed by atoms with Crippen molar-refractivity contribution in [2.45, 2.75) is 44.6 Å². The second-order valence-electron chi connectivity index (χ2n) is 4.25. The fourth-order valence-corrected chi connectivity index (χ4v) is 2.68. The lowest BCUT2D eigenvalue weighted by atomic mass is 9.72. The molecular formula is C11H18O. The van der Waals surface area contributed by atoms with Gasteiger partial charge in [-0.2, -0.15) is 0 Å². The maximum absolute atomic E-state index is 5.90. The Morgan fingerprint density at radius 3 is 2.83 bits per heavy atom. The highest BCUT2D eigenvalue weighted by molar-refractivity contribution is 5.12. The van der Waals surface area contributed by atoms with Gasteiger partial charge in [0.15, 0.2) is 0 Å². The molecular weight excluding hydrogens is 148 g/mol. The molecule has 2 aliphatic rings.